The quantitative estimate of drug-likeness (QED) is 0.490. The van der Waals surface area contributed by atoms with Crippen molar-refractivity contribution in [2.45, 2.75) is 19.9 Å². The molecule has 0 heterocycles. The van der Waals surface area contributed by atoms with E-state index in [1.807, 2.05) is 33.0 Å². The summed E-state index contributed by atoms with van der Waals surface area (Å²) in [5, 5.41) is 1.82. The highest BCUT2D eigenvalue weighted by Gasteiger charge is 2.20. The summed E-state index contributed by atoms with van der Waals surface area (Å²) in [5.74, 6) is -0.311. The molecular formula is C8H18N2O2. The van der Waals surface area contributed by atoms with Gasteiger partial charge in [-0.1, -0.05) is 6.92 Å². The molecule has 0 aliphatic rings. The first-order chi connectivity index (χ1) is 5.49. The fourth-order valence-electron chi connectivity index (χ4n) is 0.909. The molecule has 0 aliphatic heterocycles. The Morgan fingerprint density at radius 2 is 1.92 bits per heavy atom. The summed E-state index contributed by atoms with van der Waals surface area (Å²) < 4.78 is 4.62. The molecule has 0 aromatic carbocycles. The molecule has 0 aliphatic carbocycles. The molecule has 1 N–H and O–H groups in total. The third kappa shape index (κ3) is 3.69. The lowest BCUT2D eigenvalue weighted by Crippen LogP contribution is -2.44. The van der Waals surface area contributed by atoms with Crippen molar-refractivity contribution in [2.24, 2.45) is 5.92 Å². The van der Waals surface area contributed by atoms with Gasteiger partial charge in [-0.2, -0.15) is 0 Å². The van der Waals surface area contributed by atoms with Crippen molar-refractivity contribution in [3.8, 4) is 0 Å². The number of carbonyl (C=O) groups excluding carboxylic acids is 1. The number of rotatable bonds is 4. The van der Waals surface area contributed by atoms with Crippen LogP contribution in [0.3, 0.4) is 0 Å². The number of nitrogens with one attached hydrogen (secondary N) is 1. The Morgan fingerprint density at radius 3 is 2.25 bits per heavy atom. The van der Waals surface area contributed by atoms with Gasteiger partial charge in [0.1, 0.15) is 0 Å². The summed E-state index contributed by atoms with van der Waals surface area (Å²) in [5.41, 5.74) is 3.09. The lowest BCUT2D eigenvalue weighted by molar-refractivity contribution is -0.146. The van der Waals surface area contributed by atoms with Crippen LogP contribution in [0.2, 0.25) is 0 Å². The summed E-state index contributed by atoms with van der Waals surface area (Å²) in [6.07, 6.45) is 0. The molecule has 0 saturated carbocycles. The van der Waals surface area contributed by atoms with Crippen LogP contribution in [-0.2, 0) is 9.53 Å². The minimum atomic E-state index is -0.183. The predicted molar refractivity (Wildman–Crippen MR) is 47.5 cm³/mol. The van der Waals surface area contributed by atoms with Gasteiger partial charge in [-0.3, -0.25) is 15.2 Å². The smallest absolute Gasteiger partial charge is 0.310 e. The summed E-state index contributed by atoms with van der Waals surface area (Å²) in [6, 6.07) is 0.0902. The van der Waals surface area contributed by atoms with Gasteiger partial charge in [-0.25, -0.2) is 0 Å². The van der Waals surface area contributed by atoms with Crippen molar-refractivity contribution in [3.05, 3.63) is 0 Å². The number of methoxy groups -OCH3 is 1. The van der Waals surface area contributed by atoms with Crippen LogP contribution in [-0.4, -0.2) is 38.2 Å². The maximum Gasteiger partial charge on any atom is 0.310 e. The lowest BCUT2D eigenvalue weighted by atomic mass is 10.1. The zero-order chi connectivity index (χ0) is 9.72. The van der Waals surface area contributed by atoms with E-state index in [0.29, 0.717) is 0 Å². The molecule has 2 atom stereocenters. The summed E-state index contributed by atoms with van der Waals surface area (Å²) in [7, 11) is 5.18. The van der Waals surface area contributed by atoms with Crippen LogP contribution in [0, 0.1) is 5.92 Å². The molecule has 12 heavy (non-hydrogen) atoms. The molecule has 0 spiro atoms. The SMILES string of the molecule is COC(=O)C(C)C(C)NN(C)C. The van der Waals surface area contributed by atoms with Gasteiger partial charge in [0.15, 0.2) is 0 Å². The highest BCUT2D eigenvalue weighted by molar-refractivity contribution is 5.72. The van der Waals surface area contributed by atoms with E-state index in [2.05, 4.69) is 10.2 Å². The number of ether oxygens (including phenoxy) is 1. The van der Waals surface area contributed by atoms with Crippen molar-refractivity contribution in [1.82, 2.24) is 10.4 Å². The Labute approximate surface area is 73.8 Å². The number of hydrazine groups is 1. The number of hydrogen-bond acceptors (Lipinski definition) is 4. The van der Waals surface area contributed by atoms with Gasteiger partial charge in [-0.05, 0) is 6.92 Å². The van der Waals surface area contributed by atoms with E-state index >= 15 is 0 Å². The van der Waals surface area contributed by atoms with Crippen molar-refractivity contribution in [1.29, 1.82) is 0 Å². The molecule has 0 rings (SSSR count). The molecular weight excluding hydrogens is 156 g/mol. The molecule has 4 nitrogen and oxygen atoms in total. The normalized spacial score (nSPS) is 15.8. The number of esters is 1. The lowest BCUT2D eigenvalue weighted by Gasteiger charge is -2.23. The molecule has 0 aromatic heterocycles. The van der Waals surface area contributed by atoms with Crippen LogP contribution in [0.1, 0.15) is 13.8 Å². The molecule has 0 radical (unpaired) electrons. The fourth-order valence-corrected chi connectivity index (χ4v) is 0.909. The fraction of sp³-hybridized carbons (Fsp3) is 0.875. The van der Waals surface area contributed by atoms with Gasteiger partial charge in [0, 0.05) is 20.1 Å². The van der Waals surface area contributed by atoms with Crippen molar-refractivity contribution >= 4 is 5.97 Å². The van der Waals surface area contributed by atoms with Crippen molar-refractivity contribution in [3.63, 3.8) is 0 Å². The number of carbonyl (C=O) groups is 1. The zero-order valence-electron chi connectivity index (χ0n) is 8.42. The molecule has 2 unspecified atom stereocenters. The van der Waals surface area contributed by atoms with Gasteiger partial charge in [0.25, 0.3) is 0 Å². The van der Waals surface area contributed by atoms with Crippen LogP contribution in [0.25, 0.3) is 0 Å². The zero-order valence-corrected chi connectivity index (χ0v) is 8.42. The van der Waals surface area contributed by atoms with E-state index in [1.165, 1.54) is 7.11 Å². The Balaban J connectivity index is 3.91. The van der Waals surface area contributed by atoms with Gasteiger partial charge in [-0.15, -0.1) is 0 Å². The molecule has 0 amide bonds. The Bertz CT molecular complexity index is 148. The molecule has 72 valence electrons. The standard InChI is InChI=1S/C8H18N2O2/c1-6(8(11)12-5)7(2)9-10(3)4/h6-7,9H,1-5H3. The molecule has 0 aromatic rings. The average Bonchev–Trinajstić information content (AvgIpc) is 2.00. The highest BCUT2D eigenvalue weighted by Crippen LogP contribution is 2.04. The van der Waals surface area contributed by atoms with Crippen LogP contribution in [0.5, 0.6) is 0 Å². The van der Waals surface area contributed by atoms with Crippen LogP contribution in [0.15, 0.2) is 0 Å². The van der Waals surface area contributed by atoms with Crippen LogP contribution >= 0.6 is 0 Å². The first-order valence-electron chi connectivity index (χ1n) is 4.00. The van der Waals surface area contributed by atoms with E-state index in [0.717, 1.165) is 0 Å². The monoisotopic (exact) mass is 174 g/mol. The second kappa shape index (κ2) is 5.11. The van der Waals surface area contributed by atoms with E-state index in [9.17, 15) is 4.79 Å². The van der Waals surface area contributed by atoms with E-state index in [4.69, 9.17) is 0 Å². The van der Waals surface area contributed by atoms with Gasteiger partial charge >= 0.3 is 5.97 Å². The second-order valence-electron chi connectivity index (χ2n) is 3.12. The minimum absolute atomic E-state index is 0.0902. The average molecular weight is 174 g/mol. The highest BCUT2D eigenvalue weighted by atomic mass is 16.5. The van der Waals surface area contributed by atoms with Crippen molar-refractivity contribution in [2.75, 3.05) is 21.2 Å². The first-order valence-corrected chi connectivity index (χ1v) is 4.00. The topological polar surface area (TPSA) is 41.6 Å². The third-order valence-electron chi connectivity index (χ3n) is 1.78. The van der Waals surface area contributed by atoms with Gasteiger partial charge in [0.2, 0.25) is 0 Å². The van der Waals surface area contributed by atoms with Crippen LogP contribution in [0.4, 0.5) is 0 Å². The first kappa shape index (κ1) is 11.4. The minimum Gasteiger partial charge on any atom is -0.469 e. The Kier molecular flexibility index (Phi) is 4.85. The van der Waals surface area contributed by atoms with E-state index in [-0.39, 0.29) is 17.9 Å². The molecule has 0 bridgehead atoms. The van der Waals surface area contributed by atoms with Gasteiger partial charge < -0.3 is 4.74 Å². The third-order valence-corrected chi connectivity index (χ3v) is 1.78. The Hall–Kier alpha value is -0.610. The molecule has 0 fully saturated rings. The van der Waals surface area contributed by atoms with E-state index < -0.39 is 0 Å². The van der Waals surface area contributed by atoms with E-state index in [1.54, 1.807) is 0 Å². The summed E-state index contributed by atoms with van der Waals surface area (Å²) >= 11 is 0. The van der Waals surface area contributed by atoms with Gasteiger partial charge in [0.05, 0.1) is 13.0 Å². The summed E-state index contributed by atoms with van der Waals surface area (Å²) in [6.45, 7) is 3.79. The number of nitrogens with zero attached hydrogens (tertiary/aromatic N) is 1. The molecule has 0 saturated heterocycles. The Morgan fingerprint density at radius 1 is 1.42 bits per heavy atom. The predicted octanol–water partition coefficient (Wildman–Crippen LogP) is 0.250. The van der Waals surface area contributed by atoms with Crippen molar-refractivity contribution < 1.29 is 9.53 Å². The number of hydrogen-bond donors (Lipinski definition) is 1. The largest absolute Gasteiger partial charge is 0.469 e. The maximum atomic E-state index is 11.1. The molecule has 4 heteroatoms. The van der Waals surface area contributed by atoms with Crippen LogP contribution < -0.4 is 5.43 Å². The maximum absolute atomic E-state index is 11.1. The summed E-state index contributed by atoms with van der Waals surface area (Å²) in [4.78, 5) is 11.1. The second-order valence-corrected chi connectivity index (χ2v) is 3.12.